The molecule has 0 spiro atoms. The lowest BCUT2D eigenvalue weighted by molar-refractivity contribution is -0.385. The summed E-state index contributed by atoms with van der Waals surface area (Å²) >= 11 is 0. The van der Waals surface area contributed by atoms with Gasteiger partial charge in [-0.1, -0.05) is 36.4 Å². The van der Waals surface area contributed by atoms with E-state index in [-0.39, 0.29) is 29.1 Å². The Hall–Kier alpha value is -4.53. The van der Waals surface area contributed by atoms with Gasteiger partial charge in [-0.05, 0) is 49.2 Å². The van der Waals surface area contributed by atoms with Crippen molar-refractivity contribution in [2.24, 2.45) is 5.10 Å². The summed E-state index contributed by atoms with van der Waals surface area (Å²) < 4.78 is 5.61. The van der Waals surface area contributed by atoms with Gasteiger partial charge in [0.15, 0.2) is 6.61 Å². The van der Waals surface area contributed by atoms with Crippen molar-refractivity contribution < 1.29 is 19.2 Å². The summed E-state index contributed by atoms with van der Waals surface area (Å²) in [6, 6.07) is 18.0. The van der Waals surface area contributed by atoms with Crippen LogP contribution >= 0.6 is 0 Å². The van der Waals surface area contributed by atoms with E-state index in [9.17, 15) is 19.7 Å². The Morgan fingerprint density at radius 1 is 1.03 bits per heavy atom. The molecule has 3 aromatic rings. The topological polar surface area (TPSA) is 123 Å². The molecule has 0 aromatic heterocycles. The van der Waals surface area contributed by atoms with Crippen molar-refractivity contribution in [3.8, 4) is 5.75 Å². The molecule has 0 aliphatic heterocycles. The lowest BCUT2D eigenvalue weighted by Gasteiger charge is -2.12. The summed E-state index contributed by atoms with van der Waals surface area (Å²) in [7, 11) is 0. The number of carbonyl (C=O) groups excluding carboxylic acids is 2. The van der Waals surface area contributed by atoms with E-state index >= 15 is 0 Å². The van der Waals surface area contributed by atoms with E-state index in [1.54, 1.807) is 30.3 Å². The minimum Gasteiger partial charge on any atom is -0.483 e. The fraction of sp³-hybridized carbons (Fsp3) is 0.125. The SMILES string of the molecule is Cc1cccc(OCC(=O)Nc2ccccc2C(=O)N/N=C\c2ccccc2[N+](=O)[O-])c1C. The number of aryl methyl sites for hydroxylation is 1. The molecule has 0 radical (unpaired) electrons. The Labute approximate surface area is 190 Å². The number of hydrogen-bond acceptors (Lipinski definition) is 6. The van der Waals surface area contributed by atoms with Gasteiger partial charge in [0.05, 0.1) is 28.0 Å². The maximum Gasteiger partial charge on any atom is 0.278 e. The first kappa shape index (κ1) is 23.1. The zero-order valence-electron chi connectivity index (χ0n) is 18.1. The number of hydrazone groups is 1. The second-order valence-electron chi connectivity index (χ2n) is 7.10. The first-order valence-electron chi connectivity index (χ1n) is 10.0. The summed E-state index contributed by atoms with van der Waals surface area (Å²) in [5, 5.41) is 17.5. The third-order valence-electron chi connectivity index (χ3n) is 4.86. The highest BCUT2D eigenvalue weighted by atomic mass is 16.6. The van der Waals surface area contributed by atoms with Crippen LogP contribution in [-0.2, 0) is 4.79 Å². The number of nitrogens with zero attached hydrogens (tertiary/aromatic N) is 2. The Kier molecular flexibility index (Phi) is 7.48. The molecule has 2 amide bonds. The van der Waals surface area contributed by atoms with E-state index in [1.807, 2.05) is 26.0 Å². The van der Waals surface area contributed by atoms with Crippen molar-refractivity contribution in [3.63, 3.8) is 0 Å². The van der Waals surface area contributed by atoms with Crippen LogP contribution < -0.4 is 15.5 Å². The number of rotatable bonds is 8. The van der Waals surface area contributed by atoms with E-state index in [0.717, 1.165) is 11.1 Å². The van der Waals surface area contributed by atoms with Crippen molar-refractivity contribution in [1.29, 1.82) is 0 Å². The number of hydrogen-bond donors (Lipinski definition) is 2. The maximum atomic E-state index is 12.6. The van der Waals surface area contributed by atoms with Gasteiger partial charge in [-0.2, -0.15) is 5.10 Å². The van der Waals surface area contributed by atoms with Gasteiger partial charge in [-0.3, -0.25) is 19.7 Å². The summed E-state index contributed by atoms with van der Waals surface area (Å²) in [5.41, 5.74) is 4.89. The van der Waals surface area contributed by atoms with Crippen LogP contribution in [0.3, 0.4) is 0 Å². The number of nitrogens with one attached hydrogen (secondary N) is 2. The van der Waals surface area contributed by atoms with Crippen LogP contribution in [0.4, 0.5) is 11.4 Å². The van der Waals surface area contributed by atoms with E-state index in [2.05, 4.69) is 15.8 Å². The predicted octanol–water partition coefficient (Wildman–Crippen LogP) is 3.99. The first-order valence-corrected chi connectivity index (χ1v) is 10.0. The van der Waals surface area contributed by atoms with Crippen LogP contribution in [0.1, 0.15) is 27.0 Å². The largest absolute Gasteiger partial charge is 0.483 e. The van der Waals surface area contributed by atoms with Gasteiger partial charge in [0.1, 0.15) is 5.75 Å². The van der Waals surface area contributed by atoms with E-state index in [4.69, 9.17) is 4.74 Å². The molecule has 0 aliphatic rings. The van der Waals surface area contributed by atoms with Gasteiger partial charge in [0.25, 0.3) is 17.5 Å². The highest BCUT2D eigenvalue weighted by molar-refractivity contribution is 6.04. The van der Waals surface area contributed by atoms with Crippen molar-refractivity contribution >= 4 is 29.4 Å². The van der Waals surface area contributed by atoms with Crippen LogP contribution in [0.15, 0.2) is 71.8 Å². The monoisotopic (exact) mass is 446 g/mol. The molecular formula is C24H22N4O5. The Morgan fingerprint density at radius 2 is 1.76 bits per heavy atom. The lowest BCUT2D eigenvalue weighted by atomic mass is 10.1. The Balaban J connectivity index is 1.65. The van der Waals surface area contributed by atoms with Crippen LogP contribution in [0.5, 0.6) is 5.75 Å². The molecule has 0 saturated carbocycles. The number of amides is 2. The number of carbonyl (C=O) groups is 2. The molecule has 0 saturated heterocycles. The molecule has 3 aromatic carbocycles. The van der Waals surface area contributed by atoms with Gasteiger partial charge in [-0.25, -0.2) is 5.43 Å². The average Bonchev–Trinajstić information content (AvgIpc) is 2.80. The molecular weight excluding hydrogens is 424 g/mol. The number of anilines is 1. The van der Waals surface area contributed by atoms with Gasteiger partial charge >= 0.3 is 0 Å². The van der Waals surface area contributed by atoms with Gasteiger partial charge in [0, 0.05) is 6.07 Å². The summed E-state index contributed by atoms with van der Waals surface area (Å²) in [4.78, 5) is 35.5. The molecule has 0 heterocycles. The summed E-state index contributed by atoms with van der Waals surface area (Å²) in [6.07, 6.45) is 1.19. The van der Waals surface area contributed by atoms with Crippen molar-refractivity contribution in [1.82, 2.24) is 5.43 Å². The zero-order valence-corrected chi connectivity index (χ0v) is 18.1. The quantitative estimate of drug-likeness (QED) is 0.308. The molecule has 9 heteroatoms. The van der Waals surface area contributed by atoms with Crippen molar-refractivity contribution in [3.05, 3.63) is 99.1 Å². The smallest absolute Gasteiger partial charge is 0.278 e. The fourth-order valence-electron chi connectivity index (χ4n) is 2.98. The molecule has 0 bridgehead atoms. The molecule has 33 heavy (non-hydrogen) atoms. The minimum absolute atomic E-state index is 0.132. The zero-order chi connectivity index (χ0) is 23.8. The van der Waals surface area contributed by atoms with Crippen LogP contribution in [0.25, 0.3) is 0 Å². The summed E-state index contributed by atoms with van der Waals surface area (Å²) in [6.45, 7) is 3.64. The highest BCUT2D eigenvalue weighted by Crippen LogP contribution is 2.21. The fourth-order valence-corrected chi connectivity index (χ4v) is 2.98. The average molecular weight is 446 g/mol. The number of benzene rings is 3. The third-order valence-corrected chi connectivity index (χ3v) is 4.86. The Bertz CT molecular complexity index is 1220. The molecule has 0 aliphatic carbocycles. The van der Waals surface area contributed by atoms with Crippen molar-refractivity contribution in [2.45, 2.75) is 13.8 Å². The van der Waals surface area contributed by atoms with E-state index in [0.29, 0.717) is 5.75 Å². The molecule has 2 N–H and O–H groups in total. The molecule has 0 atom stereocenters. The van der Waals surface area contributed by atoms with Crippen LogP contribution in [0, 0.1) is 24.0 Å². The molecule has 0 unspecified atom stereocenters. The lowest BCUT2D eigenvalue weighted by Crippen LogP contribution is -2.24. The minimum atomic E-state index is -0.587. The normalized spacial score (nSPS) is 10.6. The van der Waals surface area contributed by atoms with Crippen LogP contribution in [0.2, 0.25) is 0 Å². The molecule has 0 fully saturated rings. The number of para-hydroxylation sites is 2. The molecule has 168 valence electrons. The number of ether oxygens (including phenoxy) is 1. The number of nitro groups is 1. The summed E-state index contributed by atoms with van der Waals surface area (Å²) in [5.74, 6) is -0.406. The Morgan fingerprint density at radius 3 is 2.55 bits per heavy atom. The van der Waals surface area contributed by atoms with Gasteiger partial charge < -0.3 is 10.1 Å². The van der Waals surface area contributed by atoms with E-state index < -0.39 is 16.7 Å². The molecule has 9 nitrogen and oxygen atoms in total. The maximum absolute atomic E-state index is 12.6. The third kappa shape index (κ3) is 6.01. The predicted molar refractivity (Wildman–Crippen MR) is 125 cm³/mol. The number of nitro benzene ring substituents is 1. The molecule has 3 rings (SSSR count). The highest BCUT2D eigenvalue weighted by Gasteiger charge is 2.14. The second-order valence-corrected chi connectivity index (χ2v) is 7.10. The second kappa shape index (κ2) is 10.7. The van der Waals surface area contributed by atoms with Gasteiger partial charge in [0.2, 0.25) is 0 Å². The van der Waals surface area contributed by atoms with Crippen LogP contribution in [-0.4, -0.2) is 29.6 Å². The van der Waals surface area contributed by atoms with Gasteiger partial charge in [-0.15, -0.1) is 0 Å². The standard InChI is InChI=1S/C24H22N4O5/c1-16-8-7-13-22(17(16)2)33-15-23(29)26-20-11-5-4-10-19(20)24(30)27-25-14-18-9-3-6-12-21(18)28(31)32/h3-14H,15H2,1-2H3,(H,26,29)(H,27,30)/b25-14-. The van der Waals surface area contributed by atoms with E-state index in [1.165, 1.54) is 30.5 Å². The van der Waals surface area contributed by atoms with Crippen molar-refractivity contribution in [2.75, 3.05) is 11.9 Å². The first-order chi connectivity index (χ1) is 15.9.